The highest BCUT2D eigenvalue weighted by Gasteiger charge is 2.61. The molecule has 0 spiro atoms. The van der Waals surface area contributed by atoms with E-state index in [2.05, 4.69) is 30.8 Å². The lowest BCUT2D eigenvalue weighted by Gasteiger charge is -2.39. The summed E-state index contributed by atoms with van der Waals surface area (Å²) in [6.07, 6.45) is 6.41. The number of rotatable bonds is 7. The van der Waals surface area contributed by atoms with Crippen LogP contribution in [0.4, 0.5) is 0 Å². The Hall–Kier alpha value is -2.50. The van der Waals surface area contributed by atoms with Gasteiger partial charge in [-0.2, -0.15) is 0 Å². The number of ether oxygens (including phenoxy) is 3. The van der Waals surface area contributed by atoms with Gasteiger partial charge in [-0.3, -0.25) is 4.79 Å². The first-order chi connectivity index (χ1) is 13.7. The minimum absolute atomic E-state index is 0.0641. The number of methoxy groups -OCH3 is 2. The first kappa shape index (κ1) is 21.2. The van der Waals surface area contributed by atoms with Crippen molar-refractivity contribution in [3.8, 4) is 11.5 Å². The van der Waals surface area contributed by atoms with Gasteiger partial charge < -0.3 is 19.5 Å². The van der Waals surface area contributed by atoms with E-state index in [4.69, 9.17) is 9.47 Å². The number of esters is 1. The maximum absolute atomic E-state index is 12.5. The summed E-state index contributed by atoms with van der Waals surface area (Å²) in [7, 11) is 2.86. The van der Waals surface area contributed by atoms with Crippen LogP contribution < -0.4 is 14.8 Å². The zero-order valence-electron chi connectivity index (χ0n) is 17.9. The molecule has 0 aromatic heterocycles. The van der Waals surface area contributed by atoms with E-state index in [-0.39, 0.29) is 29.4 Å². The molecular formula is C23H31NO5. The predicted molar refractivity (Wildman–Crippen MR) is 111 cm³/mol. The van der Waals surface area contributed by atoms with E-state index in [1.807, 2.05) is 0 Å². The molecule has 2 fully saturated rings. The van der Waals surface area contributed by atoms with Crippen molar-refractivity contribution in [3.63, 3.8) is 0 Å². The van der Waals surface area contributed by atoms with Crippen molar-refractivity contribution >= 4 is 18.0 Å². The summed E-state index contributed by atoms with van der Waals surface area (Å²) in [5, 5.41) is 3.20. The van der Waals surface area contributed by atoms with Gasteiger partial charge in [0.25, 0.3) is 5.91 Å². The van der Waals surface area contributed by atoms with Gasteiger partial charge in [0, 0.05) is 12.1 Å². The fourth-order valence-corrected chi connectivity index (χ4v) is 4.94. The minimum atomic E-state index is -0.432. The maximum atomic E-state index is 12.5. The van der Waals surface area contributed by atoms with Crippen molar-refractivity contribution < 1.29 is 23.8 Å². The van der Waals surface area contributed by atoms with Gasteiger partial charge in [0.05, 0.1) is 14.2 Å². The van der Waals surface area contributed by atoms with Crippen molar-refractivity contribution in [1.82, 2.24) is 5.32 Å². The molecule has 1 amide bonds. The summed E-state index contributed by atoms with van der Waals surface area (Å²) in [5.74, 6) is 1.11. The van der Waals surface area contributed by atoms with Crippen molar-refractivity contribution in [3.05, 3.63) is 29.8 Å². The Kier molecular flexibility index (Phi) is 5.92. The highest BCUT2D eigenvalue weighted by atomic mass is 16.5. The average molecular weight is 402 g/mol. The fourth-order valence-electron chi connectivity index (χ4n) is 4.94. The Bertz CT molecular complexity index is 815. The van der Waals surface area contributed by atoms with Crippen molar-refractivity contribution in [1.29, 1.82) is 0 Å². The zero-order valence-corrected chi connectivity index (χ0v) is 17.9. The normalized spacial score (nSPS) is 27.1. The van der Waals surface area contributed by atoms with Crippen LogP contribution in [0.2, 0.25) is 0 Å². The summed E-state index contributed by atoms with van der Waals surface area (Å²) >= 11 is 0. The van der Waals surface area contributed by atoms with Crippen molar-refractivity contribution in [2.75, 3.05) is 20.8 Å². The number of hydrogen-bond acceptors (Lipinski definition) is 5. The van der Waals surface area contributed by atoms with Crippen molar-refractivity contribution in [2.24, 2.45) is 16.7 Å². The monoisotopic (exact) mass is 401 g/mol. The maximum Gasteiger partial charge on any atom is 0.330 e. The molecule has 1 aromatic carbocycles. The van der Waals surface area contributed by atoms with Crippen LogP contribution >= 0.6 is 0 Å². The Morgan fingerprint density at radius 3 is 2.55 bits per heavy atom. The van der Waals surface area contributed by atoms with Crippen LogP contribution in [-0.4, -0.2) is 38.7 Å². The van der Waals surface area contributed by atoms with Crippen LogP contribution in [0.3, 0.4) is 0 Å². The van der Waals surface area contributed by atoms with E-state index in [1.54, 1.807) is 24.3 Å². The van der Waals surface area contributed by atoms with E-state index in [9.17, 15) is 9.59 Å². The molecule has 2 bridgehead atoms. The molecule has 1 N–H and O–H groups in total. The lowest BCUT2D eigenvalue weighted by molar-refractivity contribution is -0.134. The Morgan fingerprint density at radius 2 is 1.97 bits per heavy atom. The third-order valence-electron chi connectivity index (χ3n) is 7.29. The number of carbonyl (C=O) groups excluding carboxylic acids is 2. The van der Waals surface area contributed by atoms with Gasteiger partial charge in [-0.25, -0.2) is 4.79 Å². The summed E-state index contributed by atoms with van der Waals surface area (Å²) in [4.78, 5) is 23.8. The second kappa shape index (κ2) is 8.09. The molecular weight excluding hydrogens is 370 g/mol. The van der Waals surface area contributed by atoms with Crippen LogP contribution in [0, 0.1) is 16.7 Å². The molecule has 0 radical (unpaired) electrons. The standard InChI is InChI=1S/C23H31NO5/c1-22(2)16-10-11-23(22,3)19(13-16)24-20(25)14-29-17-8-6-15(12-18(17)27-4)7-9-21(26)28-5/h6-9,12,16,19H,10-11,13-14H2,1-5H3,(H,24,25)/b9-7+/t16-,19-,23-/m1/s1. The molecule has 29 heavy (non-hydrogen) atoms. The smallest absolute Gasteiger partial charge is 0.330 e. The van der Waals surface area contributed by atoms with Gasteiger partial charge in [0.1, 0.15) is 0 Å². The van der Waals surface area contributed by atoms with Gasteiger partial charge >= 0.3 is 5.97 Å². The summed E-state index contributed by atoms with van der Waals surface area (Å²) in [5.41, 5.74) is 1.16. The topological polar surface area (TPSA) is 73.9 Å². The van der Waals surface area contributed by atoms with E-state index >= 15 is 0 Å². The van der Waals surface area contributed by atoms with Crippen LogP contribution in [0.15, 0.2) is 24.3 Å². The van der Waals surface area contributed by atoms with Gasteiger partial charge in [-0.05, 0) is 59.8 Å². The number of benzene rings is 1. The molecule has 2 aliphatic carbocycles. The number of hydrogen-bond donors (Lipinski definition) is 1. The highest BCUT2D eigenvalue weighted by molar-refractivity contribution is 5.87. The molecule has 6 nitrogen and oxygen atoms in total. The van der Waals surface area contributed by atoms with Gasteiger partial charge in [0.2, 0.25) is 0 Å². The van der Waals surface area contributed by atoms with Crippen LogP contribution in [0.5, 0.6) is 11.5 Å². The summed E-state index contributed by atoms with van der Waals surface area (Å²) < 4.78 is 15.7. The number of nitrogens with one attached hydrogen (secondary N) is 1. The van der Waals surface area contributed by atoms with E-state index in [1.165, 1.54) is 26.7 Å². The highest BCUT2D eigenvalue weighted by Crippen LogP contribution is 2.65. The second-order valence-corrected chi connectivity index (χ2v) is 8.79. The molecule has 0 unspecified atom stereocenters. The zero-order chi connectivity index (χ0) is 21.2. The lowest BCUT2D eigenvalue weighted by atomic mass is 9.69. The molecule has 1 aromatic rings. The molecule has 6 heteroatoms. The van der Waals surface area contributed by atoms with Gasteiger partial charge in [-0.1, -0.05) is 26.8 Å². The number of carbonyl (C=O) groups is 2. The fraction of sp³-hybridized carbons (Fsp3) is 0.565. The molecule has 2 aliphatic rings. The molecule has 3 atom stereocenters. The van der Waals surface area contributed by atoms with Crippen LogP contribution in [0.25, 0.3) is 6.08 Å². The minimum Gasteiger partial charge on any atom is -0.493 e. The number of fused-ring (bicyclic) bond motifs is 2. The SMILES string of the molecule is COC(=O)/C=C/c1ccc(OCC(=O)N[C@@H]2C[C@H]3CC[C@@]2(C)C3(C)C)c(OC)c1. The third-order valence-corrected chi connectivity index (χ3v) is 7.29. The van der Waals surface area contributed by atoms with Crippen molar-refractivity contribution in [2.45, 2.75) is 46.1 Å². The van der Waals surface area contributed by atoms with Crippen LogP contribution in [0.1, 0.15) is 45.6 Å². The van der Waals surface area contributed by atoms with E-state index in [0.29, 0.717) is 17.4 Å². The lowest BCUT2D eigenvalue weighted by Crippen LogP contribution is -2.48. The van der Waals surface area contributed by atoms with Crippen LogP contribution in [-0.2, 0) is 14.3 Å². The van der Waals surface area contributed by atoms with Gasteiger partial charge in [0.15, 0.2) is 18.1 Å². The first-order valence-electron chi connectivity index (χ1n) is 10.1. The van der Waals surface area contributed by atoms with Gasteiger partial charge in [-0.15, -0.1) is 0 Å². The largest absolute Gasteiger partial charge is 0.493 e. The van der Waals surface area contributed by atoms with E-state index < -0.39 is 5.97 Å². The molecule has 0 saturated heterocycles. The number of amides is 1. The Labute approximate surface area is 172 Å². The molecule has 3 rings (SSSR count). The molecule has 0 heterocycles. The Morgan fingerprint density at radius 1 is 1.21 bits per heavy atom. The Balaban J connectivity index is 1.59. The quantitative estimate of drug-likeness (QED) is 0.558. The molecule has 158 valence electrons. The average Bonchev–Trinajstić information content (AvgIpc) is 3.04. The third kappa shape index (κ3) is 3.98. The molecule has 0 aliphatic heterocycles. The molecule has 2 saturated carbocycles. The summed E-state index contributed by atoms with van der Waals surface area (Å²) in [6, 6.07) is 5.45. The van der Waals surface area contributed by atoms with E-state index in [0.717, 1.165) is 18.4 Å². The second-order valence-electron chi connectivity index (χ2n) is 8.79. The summed E-state index contributed by atoms with van der Waals surface area (Å²) in [6.45, 7) is 6.89. The first-order valence-corrected chi connectivity index (χ1v) is 10.1. The predicted octanol–water partition coefficient (Wildman–Crippen LogP) is 3.59.